The van der Waals surface area contributed by atoms with Crippen molar-refractivity contribution in [1.29, 1.82) is 0 Å². The van der Waals surface area contributed by atoms with Crippen molar-refractivity contribution >= 4 is 33.2 Å². The maximum Gasteiger partial charge on any atom is 0.258 e. The third-order valence-corrected chi connectivity index (χ3v) is 3.33. The third-order valence-electron chi connectivity index (χ3n) is 2.87. The van der Waals surface area contributed by atoms with E-state index in [-0.39, 0.29) is 11.7 Å². The largest absolute Gasteiger partial charge is 0.508 e. The summed E-state index contributed by atoms with van der Waals surface area (Å²) >= 11 is 3.33. The lowest BCUT2D eigenvalue weighted by Crippen LogP contribution is -2.30. The van der Waals surface area contributed by atoms with Gasteiger partial charge >= 0.3 is 0 Å². The molecule has 0 radical (unpaired) electrons. The molecule has 0 aliphatic heterocycles. The van der Waals surface area contributed by atoms with Gasteiger partial charge in [0.2, 0.25) is 0 Å². The van der Waals surface area contributed by atoms with Crippen molar-refractivity contribution in [2.75, 3.05) is 17.2 Å². The number of hydrogen-bond donors (Lipinski definition) is 2. The zero-order valence-electron chi connectivity index (χ0n) is 11.0. The van der Waals surface area contributed by atoms with E-state index in [0.29, 0.717) is 23.5 Å². The summed E-state index contributed by atoms with van der Waals surface area (Å²) in [7, 11) is 0. The number of carbonyl (C=O) groups excluding carboxylic acids is 1. The number of nitrogens with two attached hydrogens (primary N) is 1. The minimum absolute atomic E-state index is 0.127. The van der Waals surface area contributed by atoms with Crippen molar-refractivity contribution in [3.63, 3.8) is 0 Å². The fraction of sp³-hybridized carbons (Fsp3) is 0.133. The lowest BCUT2D eigenvalue weighted by atomic mass is 10.1. The molecule has 0 atom stereocenters. The number of phenols is 1. The molecule has 0 heterocycles. The summed E-state index contributed by atoms with van der Waals surface area (Å²) < 4.78 is 0.757. The number of aromatic hydroxyl groups is 1. The average Bonchev–Trinajstić information content (AvgIpc) is 2.38. The molecule has 0 saturated carbocycles. The van der Waals surface area contributed by atoms with Crippen LogP contribution in [-0.2, 0) is 0 Å². The van der Waals surface area contributed by atoms with Crippen LogP contribution < -0.4 is 10.6 Å². The molecule has 0 aromatic heterocycles. The number of benzene rings is 2. The van der Waals surface area contributed by atoms with Crippen molar-refractivity contribution in [3.8, 4) is 5.75 Å². The SMILES string of the molecule is CCN(C(=O)c1cc(N)cc(Br)c1)c1cccc(O)c1. The fourth-order valence-corrected chi connectivity index (χ4v) is 2.51. The Kier molecular flexibility index (Phi) is 4.29. The normalized spacial score (nSPS) is 10.3. The van der Waals surface area contributed by atoms with Crippen molar-refractivity contribution < 1.29 is 9.90 Å². The van der Waals surface area contributed by atoms with Crippen LogP contribution in [0.1, 0.15) is 17.3 Å². The van der Waals surface area contributed by atoms with E-state index in [1.165, 1.54) is 0 Å². The first-order chi connectivity index (χ1) is 9.51. The minimum atomic E-state index is -0.161. The molecule has 0 unspecified atom stereocenters. The second kappa shape index (κ2) is 5.96. The first kappa shape index (κ1) is 14.4. The van der Waals surface area contributed by atoms with E-state index in [1.807, 2.05) is 6.92 Å². The summed E-state index contributed by atoms with van der Waals surface area (Å²) in [5, 5.41) is 9.53. The number of halogens is 1. The van der Waals surface area contributed by atoms with Crippen molar-refractivity contribution in [2.45, 2.75) is 6.92 Å². The Morgan fingerprint density at radius 2 is 2.05 bits per heavy atom. The molecule has 2 aromatic rings. The lowest BCUT2D eigenvalue weighted by Gasteiger charge is -2.21. The molecule has 0 aliphatic rings. The van der Waals surface area contributed by atoms with Crippen LogP contribution in [0.2, 0.25) is 0 Å². The molecule has 1 amide bonds. The molecule has 5 heteroatoms. The summed E-state index contributed by atoms with van der Waals surface area (Å²) in [5.74, 6) is -0.0337. The predicted octanol–water partition coefficient (Wildman–Crippen LogP) is 3.40. The first-order valence-corrected chi connectivity index (χ1v) is 6.97. The molecule has 4 nitrogen and oxygen atoms in total. The molecule has 3 N–H and O–H groups in total. The van der Waals surface area contributed by atoms with E-state index < -0.39 is 0 Å². The number of hydrogen-bond acceptors (Lipinski definition) is 3. The molecule has 0 bridgehead atoms. The summed E-state index contributed by atoms with van der Waals surface area (Å²) in [4.78, 5) is 14.1. The molecule has 0 fully saturated rings. The van der Waals surface area contributed by atoms with Gasteiger partial charge in [0, 0.05) is 34.0 Å². The van der Waals surface area contributed by atoms with Crippen molar-refractivity contribution in [2.24, 2.45) is 0 Å². The number of nitrogen functional groups attached to an aromatic ring is 1. The second-order valence-corrected chi connectivity index (χ2v) is 5.26. The highest BCUT2D eigenvalue weighted by atomic mass is 79.9. The highest BCUT2D eigenvalue weighted by Gasteiger charge is 2.17. The number of nitrogens with zero attached hydrogens (tertiary/aromatic N) is 1. The molecule has 104 valence electrons. The number of amides is 1. The smallest absolute Gasteiger partial charge is 0.258 e. The highest BCUT2D eigenvalue weighted by molar-refractivity contribution is 9.10. The highest BCUT2D eigenvalue weighted by Crippen LogP contribution is 2.24. The van der Waals surface area contributed by atoms with Crippen LogP contribution in [0.25, 0.3) is 0 Å². The molecule has 0 aliphatic carbocycles. The first-order valence-electron chi connectivity index (χ1n) is 6.18. The Hall–Kier alpha value is -2.01. The van der Waals surface area contributed by atoms with Gasteiger partial charge in [-0.1, -0.05) is 22.0 Å². The van der Waals surface area contributed by atoms with Gasteiger partial charge in [-0.05, 0) is 37.3 Å². The van der Waals surface area contributed by atoms with Crippen LogP contribution in [0.15, 0.2) is 46.9 Å². The van der Waals surface area contributed by atoms with Gasteiger partial charge in [-0.15, -0.1) is 0 Å². The van der Waals surface area contributed by atoms with Gasteiger partial charge in [0.25, 0.3) is 5.91 Å². The summed E-state index contributed by atoms with van der Waals surface area (Å²) in [6.07, 6.45) is 0. The number of carbonyl (C=O) groups is 1. The van der Waals surface area contributed by atoms with Crippen LogP contribution in [0.5, 0.6) is 5.75 Å². The van der Waals surface area contributed by atoms with Crippen molar-refractivity contribution in [3.05, 3.63) is 52.5 Å². The zero-order chi connectivity index (χ0) is 14.7. The van der Waals surface area contributed by atoms with E-state index in [4.69, 9.17) is 5.73 Å². The molecule has 2 rings (SSSR count). The predicted molar refractivity (Wildman–Crippen MR) is 84.0 cm³/mol. The van der Waals surface area contributed by atoms with Crippen LogP contribution in [0.3, 0.4) is 0 Å². The Bertz CT molecular complexity index is 623. The van der Waals surface area contributed by atoms with E-state index in [9.17, 15) is 9.90 Å². The number of phenolic OH excluding ortho intramolecular Hbond substituents is 1. The second-order valence-electron chi connectivity index (χ2n) is 4.34. The molecule has 0 spiro atoms. The van der Waals surface area contributed by atoms with E-state index >= 15 is 0 Å². The molecule has 2 aromatic carbocycles. The van der Waals surface area contributed by atoms with E-state index in [0.717, 1.165) is 4.47 Å². The van der Waals surface area contributed by atoms with Gasteiger partial charge in [0.05, 0.1) is 0 Å². The van der Waals surface area contributed by atoms with Gasteiger partial charge in [-0.25, -0.2) is 0 Å². The summed E-state index contributed by atoms with van der Waals surface area (Å²) in [5.41, 5.74) is 7.43. The van der Waals surface area contributed by atoms with Crippen LogP contribution in [-0.4, -0.2) is 17.6 Å². The Morgan fingerprint density at radius 1 is 1.30 bits per heavy atom. The number of anilines is 2. The van der Waals surface area contributed by atoms with Gasteiger partial charge in [0.15, 0.2) is 0 Å². The fourth-order valence-electron chi connectivity index (χ4n) is 2.00. The summed E-state index contributed by atoms with van der Waals surface area (Å²) in [6, 6.07) is 11.7. The monoisotopic (exact) mass is 334 g/mol. The molecular weight excluding hydrogens is 320 g/mol. The van der Waals surface area contributed by atoms with Gasteiger partial charge in [-0.3, -0.25) is 4.79 Å². The topological polar surface area (TPSA) is 66.6 Å². The maximum absolute atomic E-state index is 12.6. The third kappa shape index (κ3) is 3.11. The standard InChI is InChI=1S/C15H15BrN2O2/c1-2-18(13-4-3-5-14(19)9-13)15(20)10-6-11(16)8-12(17)7-10/h3-9,19H,2,17H2,1H3. The van der Waals surface area contributed by atoms with Gasteiger partial charge in [-0.2, -0.15) is 0 Å². The van der Waals surface area contributed by atoms with E-state index in [1.54, 1.807) is 47.4 Å². The van der Waals surface area contributed by atoms with Crippen LogP contribution in [0.4, 0.5) is 11.4 Å². The zero-order valence-corrected chi connectivity index (χ0v) is 12.6. The van der Waals surface area contributed by atoms with Crippen LogP contribution >= 0.6 is 15.9 Å². The Labute approximate surface area is 126 Å². The number of rotatable bonds is 3. The average molecular weight is 335 g/mol. The molecular formula is C15H15BrN2O2. The minimum Gasteiger partial charge on any atom is -0.508 e. The van der Waals surface area contributed by atoms with Crippen LogP contribution in [0, 0.1) is 0 Å². The lowest BCUT2D eigenvalue weighted by molar-refractivity contribution is 0.0988. The Balaban J connectivity index is 2.38. The Morgan fingerprint density at radius 3 is 2.65 bits per heavy atom. The van der Waals surface area contributed by atoms with Crippen molar-refractivity contribution in [1.82, 2.24) is 0 Å². The van der Waals surface area contributed by atoms with Gasteiger partial charge < -0.3 is 15.7 Å². The molecule has 20 heavy (non-hydrogen) atoms. The molecule has 0 saturated heterocycles. The maximum atomic E-state index is 12.6. The van der Waals surface area contributed by atoms with E-state index in [2.05, 4.69) is 15.9 Å². The van der Waals surface area contributed by atoms with Gasteiger partial charge in [0.1, 0.15) is 5.75 Å². The quantitative estimate of drug-likeness (QED) is 0.845. The summed E-state index contributed by atoms with van der Waals surface area (Å²) in [6.45, 7) is 2.37.